The van der Waals surface area contributed by atoms with Crippen LogP contribution in [0.4, 0.5) is 5.69 Å². The van der Waals surface area contributed by atoms with Crippen molar-refractivity contribution in [2.24, 2.45) is 5.92 Å². The quantitative estimate of drug-likeness (QED) is 0.297. The number of aryl methyl sites for hydroxylation is 1. The van der Waals surface area contributed by atoms with Crippen molar-refractivity contribution in [1.82, 2.24) is 30.2 Å². The van der Waals surface area contributed by atoms with Crippen molar-refractivity contribution < 1.29 is 14.2 Å². The zero-order valence-corrected chi connectivity index (χ0v) is 19.8. The molecule has 0 bridgehead atoms. The summed E-state index contributed by atoms with van der Waals surface area (Å²) in [5.74, 6) is 0.442. The lowest BCUT2D eigenvalue weighted by Gasteiger charge is -2.18. The van der Waals surface area contributed by atoms with E-state index in [0.717, 1.165) is 11.1 Å². The number of hydrogen-bond donors (Lipinski definition) is 1. The van der Waals surface area contributed by atoms with Gasteiger partial charge in [-0.15, -0.1) is 0 Å². The number of carbonyl (C=O) groups excluding carboxylic acids is 1. The highest BCUT2D eigenvalue weighted by Gasteiger charge is 2.26. The van der Waals surface area contributed by atoms with Crippen molar-refractivity contribution in [1.29, 1.82) is 0 Å². The number of carbonyl (C=O) groups is 1. The minimum Gasteiger partial charge on any atom is -0.340 e. The van der Waals surface area contributed by atoms with E-state index in [0.29, 0.717) is 35.2 Å². The Hall–Kier alpha value is -4.41. The molecule has 1 atom stereocenters. The van der Waals surface area contributed by atoms with E-state index < -0.39 is 11.0 Å². The Kier molecular flexibility index (Phi) is 6.67. The number of hydrogen-bond acceptors (Lipinski definition) is 8. The Labute approximate surface area is 201 Å². The van der Waals surface area contributed by atoms with E-state index in [-0.39, 0.29) is 17.5 Å². The number of rotatable bonds is 8. The minimum absolute atomic E-state index is 0.00208. The summed E-state index contributed by atoms with van der Waals surface area (Å²) in [4.78, 5) is 32.3. The van der Waals surface area contributed by atoms with Crippen molar-refractivity contribution in [2.75, 3.05) is 0 Å². The van der Waals surface area contributed by atoms with Crippen LogP contribution in [0.2, 0.25) is 0 Å². The van der Waals surface area contributed by atoms with Gasteiger partial charge >= 0.3 is 5.69 Å². The van der Waals surface area contributed by atoms with Gasteiger partial charge in [0.2, 0.25) is 11.7 Å². The Morgan fingerprint density at radius 2 is 1.94 bits per heavy atom. The number of amides is 1. The summed E-state index contributed by atoms with van der Waals surface area (Å²) in [5.41, 5.74) is 2.93. The van der Waals surface area contributed by atoms with Crippen LogP contribution in [-0.2, 0) is 6.54 Å². The normalized spacial score (nSPS) is 12.0. The van der Waals surface area contributed by atoms with E-state index in [1.54, 1.807) is 61.3 Å². The van der Waals surface area contributed by atoms with E-state index >= 15 is 0 Å². The summed E-state index contributed by atoms with van der Waals surface area (Å²) in [6.07, 6.45) is 3.30. The maximum atomic E-state index is 13.0. The number of nitrogens with one attached hydrogen (secondary N) is 1. The van der Waals surface area contributed by atoms with Gasteiger partial charge in [-0.3, -0.25) is 24.6 Å². The van der Waals surface area contributed by atoms with Crippen LogP contribution in [0.5, 0.6) is 0 Å². The second kappa shape index (κ2) is 9.84. The molecule has 1 amide bonds. The minimum atomic E-state index is -0.477. The predicted octanol–water partition coefficient (Wildman–Crippen LogP) is 4.03. The van der Waals surface area contributed by atoms with Crippen LogP contribution in [0.25, 0.3) is 11.4 Å². The molecular formula is C24H25N7O4. The van der Waals surface area contributed by atoms with Crippen LogP contribution in [0.1, 0.15) is 53.1 Å². The molecule has 3 heterocycles. The van der Waals surface area contributed by atoms with Gasteiger partial charge in [-0.1, -0.05) is 31.1 Å². The molecule has 0 saturated heterocycles. The van der Waals surface area contributed by atoms with Gasteiger partial charge in [-0.2, -0.15) is 10.1 Å². The number of nitrogens with zero attached hydrogens (tertiary/aromatic N) is 6. The number of benzene rings is 1. The van der Waals surface area contributed by atoms with Crippen LogP contribution >= 0.6 is 0 Å². The van der Waals surface area contributed by atoms with Crippen molar-refractivity contribution in [3.05, 3.63) is 87.3 Å². The third-order valence-electron chi connectivity index (χ3n) is 5.66. The fraction of sp³-hybridized carbons (Fsp3) is 0.292. The van der Waals surface area contributed by atoms with Gasteiger partial charge in [0.1, 0.15) is 17.4 Å². The summed E-state index contributed by atoms with van der Waals surface area (Å²) < 4.78 is 7.03. The van der Waals surface area contributed by atoms with E-state index in [2.05, 4.69) is 25.5 Å². The molecule has 11 nitrogen and oxygen atoms in total. The average Bonchev–Trinajstić information content (AvgIpc) is 3.42. The molecule has 0 aliphatic heterocycles. The Balaban J connectivity index is 1.47. The van der Waals surface area contributed by atoms with E-state index in [1.165, 1.54) is 0 Å². The maximum absolute atomic E-state index is 13.0. The molecule has 0 spiro atoms. The standard InChI is InChI=1S/C24H25N7O4/c1-14(2)20(24-27-22(29-35-24)19-6-5-11-25-12-19)26-23(32)18-9-7-17(8-10-18)13-30-16(4)21(31(33)34)15(3)28-30/h5-12,14,20H,13H2,1-4H3,(H,26,32). The van der Waals surface area contributed by atoms with Crippen molar-refractivity contribution in [3.63, 3.8) is 0 Å². The highest BCUT2D eigenvalue weighted by atomic mass is 16.6. The maximum Gasteiger partial charge on any atom is 0.312 e. The Bertz CT molecular complexity index is 1340. The first kappa shape index (κ1) is 23.7. The summed E-state index contributed by atoms with van der Waals surface area (Å²) in [6.45, 7) is 7.55. The SMILES string of the molecule is Cc1nn(Cc2ccc(C(=O)NC(c3nc(-c4cccnc4)no3)C(C)C)cc2)c(C)c1[N+](=O)[O-]. The summed E-state index contributed by atoms with van der Waals surface area (Å²) in [6, 6.07) is 10.1. The molecule has 3 aromatic heterocycles. The van der Waals surface area contributed by atoms with Gasteiger partial charge in [0.25, 0.3) is 5.91 Å². The van der Waals surface area contributed by atoms with E-state index in [1.807, 2.05) is 19.9 Å². The molecule has 0 aliphatic rings. The average molecular weight is 476 g/mol. The second-order valence-corrected chi connectivity index (χ2v) is 8.52. The summed E-state index contributed by atoms with van der Waals surface area (Å²) in [7, 11) is 0. The molecule has 4 aromatic rings. The van der Waals surface area contributed by atoms with E-state index in [4.69, 9.17) is 4.52 Å². The first-order valence-corrected chi connectivity index (χ1v) is 11.1. The van der Waals surface area contributed by atoms with Crippen molar-refractivity contribution in [2.45, 2.75) is 40.3 Å². The lowest BCUT2D eigenvalue weighted by Crippen LogP contribution is -2.32. The molecule has 1 aromatic carbocycles. The molecule has 0 saturated carbocycles. The zero-order valence-electron chi connectivity index (χ0n) is 19.8. The third-order valence-corrected chi connectivity index (χ3v) is 5.66. The predicted molar refractivity (Wildman–Crippen MR) is 126 cm³/mol. The molecular weight excluding hydrogens is 450 g/mol. The van der Waals surface area contributed by atoms with Crippen LogP contribution < -0.4 is 5.32 Å². The molecule has 0 aliphatic carbocycles. The van der Waals surface area contributed by atoms with Crippen molar-refractivity contribution >= 4 is 11.6 Å². The lowest BCUT2D eigenvalue weighted by atomic mass is 10.0. The molecule has 1 unspecified atom stereocenters. The molecule has 4 rings (SSSR count). The van der Waals surface area contributed by atoms with Gasteiger partial charge in [0.05, 0.1) is 11.5 Å². The third kappa shape index (κ3) is 5.08. The van der Waals surface area contributed by atoms with Crippen LogP contribution in [0, 0.1) is 29.9 Å². The Morgan fingerprint density at radius 3 is 2.54 bits per heavy atom. The second-order valence-electron chi connectivity index (χ2n) is 8.52. The first-order valence-electron chi connectivity index (χ1n) is 11.1. The monoisotopic (exact) mass is 475 g/mol. The van der Waals surface area contributed by atoms with Gasteiger partial charge in [0.15, 0.2) is 0 Å². The van der Waals surface area contributed by atoms with Gasteiger partial charge in [-0.25, -0.2) is 0 Å². The summed E-state index contributed by atoms with van der Waals surface area (Å²) >= 11 is 0. The van der Waals surface area contributed by atoms with Gasteiger partial charge in [0, 0.05) is 23.5 Å². The largest absolute Gasteiger partial charge is 0.340 e. The summed E-state index contributed by atoms with van der Waals surface area (Å²) in [5, 5.41) is 22.5. The molecule has 0 radical (unpaired) electrons. The van der Waals surface area contributed by atoms with Gasteiger partial charge < -0.3 is 9.84 Å². The highest BCUT2D eigenvalue weighted by molar-refractivity contribution is 5.94. The van der Waals surface area contributed by atoms with Gasteiger partial charge in [-0.05, 0) is 49.6 Å². The fourth-order valence-corrected chi connectivity index (χ4v) is 3.75. The molecule has 180 valence electrons. The van der Waals surface area contributed by atoms with Crippen LogP contribution in [0.3, 0.4) is 0 Å². The van der Waals surface area contributed by atoms with Crippen molar-refractivity contribution in [3.8, 4) is 11.4 Å². The smallest absolute Gasteiger partial charge is 0.312 e. The Morgan fingerprint density at radius 1 is 1.20 bits per heavy atom. The lowest BCUT2D eigenvalue weighted by molar-refractivity contribution is -0.386. The zero-order chi connectivity index (χ0) is 25.1. The first-order chi connectivity index (χ1) is 16.7. The highest BCUT2D eigenvalue weighted by Crippen LogP contribution is 2.25. The number of pyridine rings is 1. The van der Waals surface area contributed by atoms with Crippen LogP contribution in [-0.4, -0.2) is 35.7 Å². The fourth-order valence-electron chi connectivity index (χ4n) is 3.75. The van der Waals surface area contributed by atoms with E-state index in [9.17, 15) is 14.9 Å². The van der Waals surface area contributed by atoms with Crippen LogP contribution in [0.15, 0.2) is 53.3 Å². The topological polar surface area (TPSA) is 142 Å². The molecule has 0 fully saturated rings. The number of nitro groups is 1. The molecule has 1 N–H and O–H groups in total. The molecule has 35 heavy (non-hydrogen) atoms. The molecule has 11 heteroatoms. The number of aromatic nitrogens is 5.